The monoisotopic (exact) mass is 438 g/mol. The van der Waals surface area contributed by atoms with Gasteiger partial charge in [-0.1, -0.05) is 0 Å². The minimum atomic E-state index is -0.374. The third kappa shape index (κ3) is 6.49. The van der Waals surface area contributed by atoms with Gasteiger partial charge in [-0.25, -0.2) is 4.79 Å². The molecular formula is C23H26N4O5. The Morgan fingerprint density at radius 2 is 1.59 bits per heavy atom. The van der Waals surface area contributed by atoms with Crippen molar-refractivity contribution < 1.29 is 23.7 Å². The van der Waals surface area contributed by atoms with Crippen LogP contribution < -0.4 is 29.6 Å². The lowest BCUT2D eigenvalue weighted by atomic mass is 10.1. The van der Waals surface area contributed by atoms with E-state index >= 15 is 0 Å². The highest BCUT2D eigenvalue weighted by molar-refractivity contribution is 5.89. The van der Waals surface area contributed by atoms with E-state index in [2.05, 4.69) is 20.8 Å². The van der Waals surface area contributed by atoms with Gasteiger partial charge in [0.1, 0.15) is 23.9 Å². The standard InChI is InChI=1S/C23H26N4O5/c1-4-31-18-7-5-16(6-8-18)21-9-10-22(27-26-21)32-12-11-24-23(28)25-17-13-19(29-2)15-20(14-17)30-3/h5-10,13-15H,4,11-12H2,1-3H3,(H2,24,25,28). The largest absolute Gasteiger partial charge is 0.497 e. The summed E-state index contributed by atoms with van der Waals surface area (Å²) in [6.45, 7) is 3.09. The van der Waals surface area contributed by atoms with Crippen LogP contribution in [0, 0.1) is 0 Å². The Bertz CT molecular complexity index is 988. The highest BCUT2D eigenvalue weighted by atomic mass is 16.5. The predicted molar refractivity (Wildman–Crippen MR) is 121 cm³/mol. The van der Waals surface area contributed by atoms with E-state index in [9.17, 15) is 4.79 Å². The summed E-state index contributed by atoms with van der Waals surface area (Å²) < 4.78 is 21.4. The number of methoxy groups -OCH3 is 2. The average molecular weight is 438 g/mol. The van der Waals surface area contributed by atoms with Gasteiger partial charge in [0.25, 0.3) is 0 Å². The van der Waals surface area contributed by atoms with E-state index in [0.717, 1.165) is 17.0 Å². The number of urea groups is 1. The first-order valence-corrected chi connectivity index (χ1v) is 10.1. The second-order valence-electron chi connectivity index (χ2n) is 6.54. The van der Waals surface area contributed by atoms with Crippen LogP contribution in [0.1, 0.15) is 6.92 Å². The van der Waals surface area contributed by atoms with Crippen molar-refractivity contribution in [2.24, 2.45) is 0 Å². The molecule has 0 aliphatic rings. The quantitative estimate of drug-likeness (QED) is 0.465. The van der Waals surface area contributed by atoms with Crippen LogP contribution in [-0.4, -0.2) is 50.2 Å². The maximum Gasteiger partial charge on any atom is 0.319 e. The molecule has 1 heterocycles. The van der Waals surface area contributed by atoms with Crippen molar-refractivity contribution in [3.63, 3.8) is 0 Å². The molecule has 0 saturated heterocycles. The van der Waals surface area contributed by atoms with E-state index in [1.54, 1.807) is 38.5 Å². The lowest BCUT2D eigenvalue weighted by Crippen LogP contribution is -2.32. The third-order valence-corrected chi connectivity index (χ3v) is 4.35. The van der Waals surface area contributed by atoms with Crippen molar-refractivity contribution in [2.75, 3.05) is 39.3 Å². The number of aromatic nitrogens is 2. The molecule has 168 valence electrons. The summed E-state index contributed by atoms with van der Waals surface area (Å²) in [7, 11) is 3.09. The zero-order chi connectivity index (χ0) is 22.8. The summed E-state index contributed by atoms with van der Waals surface area (Å²) in [5, 5.41) is 13.7. The molecule has 0 spiro atoms. The molecule has 9 nitrogen and oxygen atoms in total. The van der Waals surface area contributed by atoms with Crippen LogP contribution in [-0.2, 0) is 0 Å². The van der Waals surface area contributed by atoms with Crippen molar-refractivity contribution in [1.82, 2.24) is 15.5 Å². The number of benzene rings is 2. The number of carbonyl (C=O) groups is 1. The molecule has 32 heavy (non-hydrogen) atoms. The first-order valence-electron chi connectivity index (χ1n) is 10.1. The normalized spacial score (nSPS) is 10.2. The molecule has 0 bridgehead atoms. The molecule has 0 radical (unpaired) electrons. The number of nitrogens with one attached hydrogen (secondary N) is 2. The average Bonchev–Trinajstić information content (AvgIpc) is 2.82. The van der Waals surface area contributed by atoms with Gasteiger partial charge in [0.15, 0.2) is 0 Å². The summed E-state index contributed by atoms with van der Waals surface area (Å²) in [4.78, 5) is 12.1. The van der Waals surface area contributed by atoms with Gasteiger partial charge in [-0.2, -0.15) is 0 Å². The molecule has 0 unspecified atom stereocenters. The van der Waals surface area contributed by atoms with Gasteiger partial charge in [-0.3, -0.25) is 0 Å². The molecule has 0 aliphatic carbocycles. The predicted octanol–water partition coefficient (Wildman–Crippen LogP) is 3.76. The van der Waals surface area contributed by atoms with E-state index < -0.39 is 0 Å². The summed E-state index contributed by atoms with van der Waals surface area (Å²) in [6, 6.07) is 15.9. The van der Waals surface area contributed by atoms with Gasteiger partial charge in [0, 0.05) is 35.5 Å². The zero-order valence-corrected chi connectivity index (χ0v) is 18.3. The van der Waals surface area contributed by atoms with E-state index in [0.29, 0.717) is 29.7 Å². The Hall–Kier alpha value is -4.01. The Labute approximate surface area is 186 Å². The minimum absolute atomic E-state index is 0.242. The molecule has 2 aromatic carbocycles. The topological polar surface area (TPSA) is 104 Å². The van der Waals surface area contributed by atoms with E-state index in [4.69, 9.17) is 18.9 Å². The number of ether oxygens (including phenoxy) is 4. The fourth-order valence-electron chi connectivity index (χ4n) is 2.81. The molecule has 0 atom stereocenters. The second-order valence-corrected chi connectivity index (χ2v) is 6.54. The number of nitrogens with zero attached hydrogens (tertiary/aromatic N) is 2. The molecule has 0 saturated carbocycles. The smallest absolute Gasteiger partial charge is 0.319 e. The number of hydrogen-bond donors (Lipinski definition) is 2. The molecule has 3 rings (SSSR count). The maximum absolute atomic E-state index is 12.1. The fraction of sp³-hybridized carbons (Fsp3) is 0.261. The Balaban J connectivity index is 1.44. The van der Waals surface area contributed by atoms with Gasteiger partial charge in [0.05, 0.1) is 33.1 Å². The van der Waals surface area contributed by atoms with Crippen molar-refractivity contribution >= 4 is 11.7 Å². The van der Waals surface area contributed by atoms with Gasteiger partial charge >= 0.3 is 6.03 Å². The number of amides is 2. The number of anilines is 1. The Morgan fingerprint density at radius 1 is 0.875 bits per heavy atom. The minimum Gasteiger partial charge on any atom is -0.497 e. The van der Waals surface area contributed by atoms with Gasteiger partial charge in [0.2, 0.25) is 5.88 Å². The Morgan fingerprint density at radius 3 is 2.19 bits per heavy atom. The number of rotatable bonds is 10. The van der Waals surface area contributed by atoms with E-state index in [-0.39, 0.29) is 19.2 Å². The molecular weight excluding hydrogens is 412 g/mol. The molecule has 3 aromatic rings. The van der Waals surface area contributed by atoms with Crippen LogP contribution in [0.15, 0.2) is 54.6 Å². The summed E-state index contributed by atoms with van der Waals surface area (Å²) >= 11 is 0. The first-order chi connectivity index (χ1) is 15.6. The summed E-state index contributed by atoms with van der Waals surface area (Å²) in [5.74, 6) is 2.34. The molecule has 2 N–H and O–H groups in total. The summed E-state index contributed by atoms with van der Waals surface area (Å²) in [5.41, 5.74) is 2.21. The van der Waals surface area contributed by atoms with Gasteiger partial charge in [-0.05, 0) is 37.3 Å². The first kappa shape index (κ1) is 22.7. The third-order valence-electron chi connectivity index (χ3n) is 4.35. The van der Waals surface area contributed by atoms with Crippen molar-refractivity contribution in [3.8, 4) is 34.4 Å². The van der Waals surface area contributed by atoms with Gasteiger partial charge in [-0.15, -0.1) is 10.2 Å². The molecule has 1 aromatic heterocycles. The van der Waals surface area contributed by atoms with Crippen molar-refractivity contribution in [2.45, 2.75) is 6.92 Å². The van der Waals surface area contributed by atoms with Gasteiger partial charge < -0.3 is 29.6 Å². The van der Waals surface area contributed by atoms with Crippen LogP contribution in [0.4, 0.5) is 10.5 Å². The Kier molecular flexibility index (Phi) is 8.08. The number of carbonyl (C=O) groups excluding carboxylic acids is 1. The van der Waals surface area contributed by atoms with Crippen molar-refractivity contribution in [3.05, 3.63) is 54.6 Å². The lowest BCUT2D eigenvalue weighted by Gasteiger charge is -2.11. The lowest BCUT2D eigenvalue weighted by molar-refractivity contribution is 0.246. The fourth-order valence-corrected chi connectivity index (χ4v) is 2.81. The zero-order valence-electron chi connectivity index (χ0n) is 18.3. The SMILES string of the molecule is CCOc1ccc(-c2ccc(OCCNC(=O)Nc3cc(OC)cc(OC)c3)nn2)cc1. The van der Waals surface area contributed by atoms with Crippen molar-refractivity contribution in [1.29, 1.82) is 0 Å². The highest BCUT2D eigenvalue weighted by Gasteiger charge is 2.07. The van der Waals surface area contributed by atoms with Crippen LogP contribution in [0.3, 0.4) is 0 Å². The second kappa shape index (κ2) is 11.4. The molecule has 9 heteroatoms. The number of hydrogen-bond acceptors (Lipinski definition) is 7. The summed E-state index contributed by atoms with van der Waals surface area (Å²) in [6.07, 6.45) is 0. The van der Waals surface area contributed by atoms with Crippen LogP contribution in [0.25, 0.3) is 11.3 Å². The van der Waals surface area contributed by atoms with Crippen LogP contribution >= 0.6 is 0 Å². The molecule has 0 fully saturated rings. The van der Waals surface area contributed by atoms with E-state index in [1.165, 1.54) is 0 Å². The molecule has 0 aliphatic heterocycles. The maximum atomic E-state index is 12.1. The van der Waals surface area contributed by atoms with Crippen LogP contribution in [0.2, 0.25) is 0 Å². The highest BCUT2D eigenvalue weighted by Crippen LogP contribution is 2.25. The molecule has 2 amide bonds. The van der Waals surface area contributed by atoms with E-state index in [1.807, 2.05) is 37.3 Å². The van der Waals surface area contributed by atoms with Crippen LogP contribution in [0.5, 0.6) is 23.1 Å².